The van der Waals surface area contributed by atoms with Gasteiger partial charge in [-0.2, -0.15) is 4.98 Å². The first-order valence-electron chi connectivity index (χ1n) is 10.5. The molecule has 0 aliphatic carbocycles. The molecule has 0 atom stereocenters. The first-order valence-corrected chi connectivity index (χ1v) is 11.4. The molecule has 3 aromatic rings. The molecular formula is C22H27N5O2S. The van der Waals surface area contributed by atoms with E-state index < -0.39 is 0 Å². The molecule has 1 aliphatic heterocycles. The minimum atomic E-state index is 0.0158. The second kappa shape index (κ2) is 9.84. The number of aromatic nitrogens is 3. The summed E-state index contributed by atoms with van der Waals surface area (Å²) >= 11 is 1.57. The molecule has 0 bridgehead atoms. The summed E-state index contributed by atoms with van der Waals surface area (Å²) in [7, 11) is 0. The van der Waals surface area contributed by atoms with Crippen LogP contribution >= 0.6 is 11.3 Å². The van der Waals surface area contributed by atoms with Gasteiger partial charge in [0.2, 0.25) is 17.6 Å². The topological polar surface area (TPSA) is 84.2 Å². The third-order valence-electron chi connectivity index (χ3n) is 5.41. The van der Waals surface area contributed by atoms with E-state index in [-0.39, 0.29) is 5.91 Å². The number of thiophene rings is 1. The van der Waals surface area contributed by atoms with Crippen LogP contribution in [0.15, 0.2) is 40.4 Å². The molecule has 1 N–H and O–H groups in total. The predicted octanol–water partition coefficient (Wildman–Crippen LogP) is 4.07. The van der Waals surface area contributed by atoms with Crippen LogP contribution in [0.3, 0.4) is 0 Å². The van der Waals surface area contributed by atoms with E-state index in [1.807, 2.05) is 29.8 Å². The number of pyridine rings is 1. The highest BCUT2D eigenvalue weighted by Crippen LogP contribution is 2.22. The fraction of sp³-hybridized carbons (Fsp3) is 0.455. The Hall–Kier alpha value is -2.74. The number of carbonyl (C=O) groups is 1. The molecule has 0 radical (unpaired) electrons. The molecule has 7 nitrogen and oxygen atoms in total. The van der Waals surface area contributed by atoms with Crippen molar-refractivity contribution in [1.82, 2.24) is 20.4 Å². The average Bonchev–Trinajstić information content (AvgIpc) is 3.45. The highest BCUT2D eigenvalue weighted by Gasteiger charge is 2.16. The molecule has 0 saturated carbocycles. The van der Waals surface area contributed by atoms with Gasteiger partial charge in [0.15, 0.2) is 0 Å². The Labute approximate surface area is 180 Å². The summed E-state index contributed by atoms with van der Waals surface area (Å²) < 4.78 is 5.27. The minimum Gasteiger partial charge on any atom is -0.357 e. The number of anilines is 1. The SMILES string of the molecule is CC1CCN(c2ccc(CNC(=O)CCCc3nc(-c4cccs4)no3)cn2)CC1. The van der Waals surface area contributed by atoms with Crippen molar-refractivity contribution in [2.45, 2.75) is 45.6 Å². The molecule has 158 valence electrons. The Balaban J connectivity index is 1.17. The number of hydrogen-bond donors (Lipinski definition) is 1. The summed E-state index contributed by atoms with van der Waals surface area (Å²) in [5, 5.41) is 8.93. The number of nitrogens with one attached hydrogen (secondary N) is 1. The van der Waals surface area contributed by atoms with Crippen molar-refractivity contribution in [3.63, 3.8) is 0 Å². The fourth-order valence-electron chi connectivity index (χ4n) is 3.50. The van der Waals surface area contributed by atoms with Crippen LogP contribution < -0.4 is 10.2 Å². The van der Waals surface area contributed by atoms with Gasteiger partial charge < -0.3 is 14.7 Å². The van der Waals surface area contributed by atoms with E-state index in [0.29, 0.717) is 37.5 Å². The first kappa shape index (κ1) is 20.5. The summed E-state index contributed by atoms with van der Waals surface area (Å²) in [5.74, 6) is 3.02. The number of hydrogen-bond acceptors (Lipinski definition) is 7. The highest BCUT2D eigenvalue weighted by atomic mass is 32.1. The van der Waals surface area contributed by atoms with Crippen LogP contribution in [0, 0.1) is 5.92 Å². The van der Waals surface area contributed by atoms with E-state index in [9.17, 15) is 4.79 Å². The lowest BCUT2D eigenvalue weighted by Crippen LogP contribution is -2.33. The van der Waals surface area contributed by atoms with Gasteiger partial charge in [0.05, 0.1) is 4.88 Å². The average molecular weight is 426 g/mol. The van der Waals surface area contributed by atoms with Crippen molar-refractivity contribution >= 4 is 23.1 Å². The van der Waals surface area contributed by atoms with E-state index in [1.165, 1.54) is 12.8 Å². The molecular weight excluding hydrogens is 398 g/mol. The second-order valence-electron chi connectivity index (χ2n) is 7.81. The van der Waals surface area contributed by atoms with E-state index in [0.717, 1.165) is 35.3 Å². The molecule has 30 heavy (non-hydrogen) atoms. The van der Waals surface area contributed by atoms with Crippen LogP contribution in [-0.4, -0.2) is 34.1 Å². The molecule has 0 spiro atoms. The maximum atomic E-state index is 12.1. The predicted molar refractivity (Wildman–Crippen MR) is 117 cm³/mol. The fourth-order valence-corrected chi connectivity index (χ4v) is 4.15. The van der Waals surface area contributed by atoms with Gasteiger partial charge in [0.1, 0.15) is 5.82 Å². The monoisotopic (exact) mass is 425 g/mol. The number of aryl methyl sites for hydroxylation is 1. The van der Waals surface area contributed by atoms with Crippen LogP contribution in [0.4, 0.5) is 5.82 Å². The summed E-state index contributed by atoms with van der Waals surface area (Å²) in [6.07, 6.45) is 5.99. The largest absolute Gasteiger partial charge is 0.357 e. The van der Waals surface area contributed by atoms with Gasteiger partial charge in [-0.15, -0.1) is 11.3 Å². The van der Waals surface area contributed by atoms with Crippen LogP contribution in [0.5, 0.6) is 0 Å². The molecule has 0 unspecified atom stereocenters. The van der Waals surface area contributed by atoms with Crippen molar-refractivity contribution in [2.24, 2.45) is 5.92 Å². The van der Waals surface area contributed by atoms with Gasteiger partial charge in [-0.25, -0.2) is 4.98 Å². The summed E-state index contributed by atoms with van der Waals surface area (Å²) in [4.78, 5) is 24.4. The molecule has 1 amide bonds. The van der Waals surface area contributed by atoms with Gasteiger partial charge in [-0.1, -0.05) is 24.2 Å². The third-order valence-corrected chi connectivity index (χ3v) is 6.28. The van der Waals surface area contributed by atoms with Gasteiger partial charge in [0, 0.05) is 38.7 Å². The number of piperidine rings is 1. The smallest absolute Gasteiger partial charge is 0.226 e. The summed E-state index contributed by atoms with van der Waals surface area (Å²) in [6, 6.07) is 8.02. The van der Waals surface area contributed by atoms with Crippen molar-refractivity contribution < 1.29 is 9.32 Å². The maximum absolute atomic E-state index is 12.1. The van der Waals surface area contributed by atoms with Gasteiger partial charge in [-0.3, -0.25) is 4.79 Å². The molecule has 8 heteroatoms. The zero-order valence-electron chi connectivity index (χ0n) is 17.2. The highest BCUT2D eigenvalue weighted by molar-refractivity contribution is 7.13. The molecule has 1 fully saturated rings. The van der Waals surface area contributed by atoms with Gasteiger partial charge in [0.25, 0.3) is 0 Å². The van der Waals surface area contributed by atoms with E-state index in [4.69, 9.17) is 4.52 Å². The zero-order chi connectivity index (χ0) is 20.8. The van der Waals surface area contributed by atoms with Crippen LogP contribution in [0.1, 0.15) is 44.1 Å². The normalized spacial score (nSPS) is 14.8. The molecule has 4 rings (SSSR count). The summed E-state index contributed by atoms with van der Waals surface area (Å²) in [5.41, 5.74) is 1.01. The van der Waals surface area contributed by atoms with Gasteiger partial charge >= 0.3 is 0 Å². The standard InChI is InChI=1S/C22H27N5O2S/c1-16-9-11-27(12-10-16)19-8-7-17(14-23-19)15-24-20(28)5-2-6-21-25-22(26-29-21)18-4-3-13-30-18/h3-4,7-8,13-14,16H,2,5-6,9-12,15H2,1H3,(H,24,28). The van der Waals surface area contributed by atoms with Crippen molar-refractivity contribution in [3.05, 3.63) is 47.3 Å². The number of amides is 1. The van der Waals surface area contributed by atoms with E-state index in [1.54, 1.807) is 11.3 Å². The maximum Gasteiger partial charge on any atom is 0.226 e. The lowest BCUT2D eigenvalue weighted by atomic mass is 9.99. The van der Waals surface area contributed by atoms with Crippen molar-refractivity contribution in [2.75, 3.05) is 18.0 Å². The molecule has 1 saturated heterocycles. The van der Waals surface area contributed by atoms with Crippen molar-refractivity contribution in [1.29, 1.82) is 0 Å². The van der Waals surface area contributed by atoms with Gasteiger partial charge in [-0.05, 0) is 48.3 Å². The Bertz CT molecular complexity index is 931. The lowest BCUT2D eigenvalue weighted by molar-refractivity contribution is -0.121. The van der Waals surface area contributed by atoms with E-state index in [2.05, 4.69) is 38.3 Å². The molecule has 4 heterocycles. The van der Waals surface area contributed by atoms with Crippen LogP contribution in [-0.2, 0) is 17.8 Å². The summed E-state index contributed by atoms with van der Waals surface area (Å²) in [6.45, 7) is 4.94. The minimum absolute atomic E-state index is 0.0158. The quantitative estimate of drug-likeness (QED) is 0.586. The number of nitrogens with zero attached hydrogens (tertiary/aromatic N) is 4. The number of rotatable bonds is 8. The Morgan fingerprint density at radius 2 is 2.17 bits per heavy atom. The first-order chi connectivity index (χ1) is 14.7. The van der Waals surface area contributed by atoms with Crippen LogP contribution in [0.25, 0.3) is 10.7 Å². The molecule has 3 aromatic heterocycles. The lowest BCUT2D eigenvalue weighted by Gasteiger charge is -2.31. The van der Waals surface area contributed by atoms with E-state index >= 15 is 0 Å². The van der Waals surface area contributed by atoms with Crippen LogP contribution in [0.2, 0.25) is 0 Å². The Morgan fingerprint density at radius 1 is 1.30 bits per heavy atom. The molecule has 0 aromatic carbocycles. The molecule has 1 aliphatic rings. The second-order valence-corrected chi connectivity index (χ2v) is 8.76. The Morgan fingerprint density at radius 3 is 2.90 bits per heavy atom. The van der Waals surface area contributed by atoms with Crippen molar-refractivity contribution in [3.8, 4) is 10.7 Å². The number of carbonyl (C=O) groups excluding carboxylic acids is 1. The zero-order valence-corrected chi connectivity index (χ0v) is 18.0. The Kier molecular flexibility index (Phi) is 6.74. The third kappa shape index (κ3) is 5.44.